The molecule has 1 aromatic heterocycles. The molecule has 0 bridgehead atoms. The van der Waals surface area contributed by atoms with Crippen molar-refractivity contribution in [1.29, 1.82) is 0 Å². The maximum Gasteiger partial charge on any atom is 0.165 e. The number of hydrazine groups is 1. The van der Waals surface area contributed by atoms with Crippen molar-refractivity contribution in [3.8, 4) is 17.1 Å². The van der Waals surface area contributed by atoms with Crippen LogP contribution in [0.25, 0.3) is 11.4 Å². The maximum absolute atomic E-state index is 5.42. The van der Waals surface area contributed by atoms with Crippen LogP contribution in [-0.2, 0) is 11.3 Å². The van der Waals surface area contributed by atoms with E-state index >= 15 is 0 Å². The van der Waals surface area contributed by atoms with Gasteiger partial charge in [0.25, 0.3) is 0 Å². The van der Waals surface area contributed by atoms with Gasteiger partial charge >= 0.3 is 0 Å². The number of benzene rings is 1. The van der Waals surface area contributed by atoms with Crippen LogP contribution in [0.3, 0.4) is 0 Å². The molecule has 6 nitrogen and oxygen atoms in total. The molecule has 0 saturated heterocycles. The van der Waals surface area contributed by atoms with Crippen LogP contribution in [0, 0.1) is 0 Å². The molecule has 100 valence electrons. The molecule has 0 aliphatic carbocycles. The molecule has 0 aliphatic heterocycles. The lowest BCUT2D eigenvalue weighted by Gasteiger charge is -2.10. The van der Waals surface area contributed by atoms with Crippen LogP contribution >= 0.6 is 0 Å². The van der Waals surface area contributed by atoms with Gasteiger partial charge in [-0.3, -0.25) is 0 Å². The zero-order valence-corrected chi connectivity index (χ0v) is 10.9. The largest absolute Gasteiger partial charge is 0.496 e. The van der Waals surface area contributed by atoms with Gasteiger partial charge in [0.05, 0.1) is 25.0 Å². The second kappa shape index (κ2) is 6.12. The Hall–Kier alpha value is -2.18. The first kappa shape index (κ1) is 13.3. The summed E-state index contributed by atoms with van der Waals surface area (Å²) in [6.07, 6.45) is 0. The molecule has 0 fully saturated rings. The van der Waals surface area contributed by atoms with E-state index in [2.05, 4.69) is 15.4 Å². The minimum Gasteiger partial charge on any atom is -0.496 e. The standard InChI is InChI=1S/C13H16N4O2/c1-18-8-9-7-12(17-14)16-13(15-9)10-5-3-4-6-11(10)19-2/h3-7H,8,14H2,1-2H3,(H,15,16,17). The molecule has 0 aliphatic rings. The third-order valence-electron chi connectivity index (χ3n) is 2.57. The molecular formula is C13H16N4O2. The second-order valence-electron chi connectivity index (χ2n) is 3.85. The summed E-state index contributed by atoms with van der Waals surface area (Å²) < 4.78 is 10.4. The SMILES string of the molecule is COCc1cc(NN)nc(-c2ccccc2OC)n1. The zero-order valence-electron chi connectivity index (χ0n) is 10.9. The Morgan fingerprint density at radius 3 is 2.68 bits per heavy atom. The first-order valence-electron chi connectivity index (χ1n) is 5.75. The highest BCUT2D eigenvalue weighted by atomic mass is 16.5. The van der Waals surface area contributed by atoms with Crippen LogP contribution in [0.2, 0.25) is 0 Å². The van der Waals surface area contributed by atoms with Crippen molar-refractivity contribution in [2.24, 2.45) is 5.84 Å². The minimum absolute atomic E-state index is 0.388. The van der Waals surface area contributed by atoms with Crippen molar-refractivity contribution in [1.82, 2.24) is 9.97 Å². The molecule has 0 atom stereocenters. The number of aromatic nitrogens is 2. The van der Waals surface area contributed by atoms with E-state index in [9.17, 15) is 0 Å². The Bertz CT molecular complexity index is 560. The molecule has 0 unspecified atom stereocenters. The predicted octanol–water partition coefficient (Wildman–Crippen LogP) is 1.58. The van der Waals surface area contributed by atoms with Crippen LogP contribution in [0.15, 0.2) is 30.3 Å². The van der Waals surface area contributed by atoms with E-state index in [1.807, 2.05) is 24.3 Å². The van der Waals surface area contributed by atoms with Crippen LogP contribution in [0.4, 0.5) is 5.82 Å². The fourth-order valence-corrected chi connectivity index (χ4v) is 1.74. The van der Waals surface area contributed by atoms with Gasteiger partial charge in [0.15, 0.2) is 5.82 Å². The molecule has 3 N–H and O–H groups in total. The fraction of sp³-hybridized carbons (Fsp3) is 0.231. The maximum atomic E-state index is 5.42. The summed E-state index contributed by atoms with van der Waals surface area (Å²) in [5.41, 5.74) is 4.07. The molecule has 0 saturated carbocycles. The smallest absolute Gasteiger partial charge is 0.165 e. The Kier molecular flexibility index (Phi) is 4.27. The number of anilines is 1. The van der Waals surface area contributed by atoms with Gasteiger partial charge < -0.3 is 14.9 Å². The van der Waals surface area contributed by atoms with Gasteiger partial charge in [-0.15, -0.1) is 0 Å². The number of nitrogens with one attached hydrogen (secondary N) is 1. The van der Waals surface area contributed by atoms with Crippen molar-refractivity contribution in [2.75, 3.05) is 19.6 Å². The average molecular weight is 260 g/mol. The summed E-state index contributed by atoms with van der Waals surface area (Å²) in [5.74, 6) is 7.20. The van der Waals surface area contributed by atoms with E-state index in [0.29, 0.717) is 24.0 Å². The van der Waals surface area contributed by atoms with Crippen LogP contribution in [0.5, 0.6) is 5.75 Å². The van der Waals surface area contributed by atoms with E-state index < -0.39 is 0 Å². The number of methoxy groups -OCH3 is 2. The van der Waals surface area contributed by atoms with Crippen LogP contribution < -0.4 is 16.0 Å². The zero-order chi connectivity index (χ0) is 13.7. The summed E-state index contributed by atoms with van der Waals surface area (Å²) >= 11 is 0. The lowest BCUT2D eigenvalue weighted by molar-refractivity contribution is 0.181. The second-order valence-corrected chi connectivity index (χ2v) is 3.85. The molecular weight excluding hydrogens is 244 g/mol. The number of ether oxygens (including phenoxy) is 2. The monoisotopic (exact) mass is 260 g/mol. The quantitative estimate of drug-likeness (QED) is 0.627. The Balaban J connectivity index is 2.51. The first-order chi connectivity index (χ1) is 9.28. The number of hydrogen-bond donors (Lipinski definition) is 2. The van der Waals surface area contributed by atoms with Crippen molar-refractivity contribution < 1.29 is 9.47 Å². The van der Waals surface area contributed by atoms with Gasteiger partial charge in [-0.25, -0.2) is 15.8 Å². The van der Waals surface area contributed by atoms with E-state index in [1.165, 1.54) is 0 Å². The molecule has 1 aromatic carbocycles. The van der Waals surface area contributed by atoms with Gasteiger partial charge in [0.2, 0.25) is 0 Å². The number of nitrogens with two attached hydrogens (primary N) is 1. The van der Waals surface area contributed by atoms with Crippen LogP contribution in [0.1, 0.15) is 5.69 Å². The lowest BCUT2D eigenvalue weighted by Crippen LogP contribution is -2.11. The number of hydrogen-bond acceptors (Lipinski definition) is 6. The molecule has 1 heterocycles. The molecule has 0 radical (unpaired) electrons. The predicted molar refractivity (Wildman–Crippen MR) is 72.5 cm³/mol. The fourth-order valence-electron chi connectivity index (χ4n) is 1.74. The normalized spacial score (nSPS) is 10.3. The lowest BCUT2D eigenvalue weighted by atomic mass is 10.2. The molecule has 2 aromatic rings. The Labute approximate surface area is 111 Å². The Morgan fingerprint density at radius 1 is 1.21 bits per heavy atom. The van der Waals surface area contributed by atoms with Gasteiger partial charge in [-0.05, 0) is 12.1 Å². The third kappa shape index (κ3) is 2.98. The number of nitrogen functional groups attached to an aromatic ring is 1. The molecule has 0 spiro atoms. The highest BCUT2D eigenvalue weighted by molar-refractivity contribution is 5.65. The van der Waals surface area contributed by atoms with Gasteiger partial charge in [-0.2, -0.15) is 0 Å². The third-order valence-corrected chi connectivity index (χ3v) is 2.57. The number of rotatable bonds is 5. The summed E-state index contributed by atoms with van der Waals surface area (Å²) in [7, 11) is 3.22. The summed E-state index contributed by atoms with van der Waals surface area (Å²) in [6.45, 7) is 0.388. The molecule has 6 heteroatoms. The van der Waals surface area contributed by atoms with E-state index in [1.54, 1.807) is 20.3 Å². The minimum atomic E-state index is 0.388. The molecule has 0 amide bonds. The summed E-state index contributed by atoms with van der Waals surface area (Å²) in [5, 5.41) is 0. The van der Waals surface area contributed by atoms with Crippen LogP contribution in [-0.4, -0.2) is 24.2 Å². The van der Waals surface area contributed by atoms with E-state index in [4.69, 9.17) is 15.3 Å². The summed E-state index contributed by atoms with van der Waals surface area (Å²) in [4.78, 5) is 8.77. The average Bonchev–Trinajstić information content (AvgIpc) is 2.47. The number of para-hydroxylation sites is 1. The van der Waals surface area contributed by atoms with Crippen molar-refractivity contribution >= 4 is 5.82 Å². The van der Waals surface area contributed by atoms with Crippen molar-refractivity contribution in [3.63, 3.8) is 0 Å². The van der Waals surface area contributed by atoms with Gasteiger partial charge in [0.1, 0.15) is 11.6 Å². The van der Waals surface area contributed by atoms with Gasteiger partial charge in [-0.1, -0.05) is 12.1 Å². The van der Waals surface area contributed by atoms with Crippen molar-refractivity contribution in [3.05, 3.63) is 36.0 Å². The van der Waals surface area contributed by atoms with E-state index in [0.717, 1.165) is 11.3 Å². The highest BCUT2D eigenvalue weighted by Gasteiger charge is 2.10. The molecule has 19 heavy (non-hydrogen) atoms. The summed E-state index contributed by atoms with van der Waals surface area (Å²) in [6, 6.07) is 9.29. The first-order valence-corrected chi connectivity index (χ1v) is 5.75. The van der Waals surface area contributed by atoms with Gasteiger partial charge in [0, 0.05) is 13.2 Å². The van der Waals surface area contributed by atoms with Crippen molar-refractivity contribution in [2.45, 2.75) is 6.61 Å². The topological polar surface area (TPSA) is 82.3 Å². The number of nitrogens with zero attached hydrogens (tertiary/aromatic N) is 2. The Morgan fingerprint density at radius 2 is 2.00 bits per heavy atom. The van der Waals surface area contributed by atoms with E-state index in [-0.39, 0.29) is 0 Å². The highest BCUT2D eigenvalue weighted by Crippen LogP contribution is 2.27. The molecule has 2 rings (SSSR count).